The third kappa shape index (κ3) is 2.35. The number of fused-ring (bicyclic) bond motifs is 1. The zero-order valence-corrected chi connectivity index (χ0v) is 11.1. The van der Waals surface area contributed by atoms with E-state index in [1.165, 1.54) is 25.7 Å². The van der Waals surface area contributed by atoms with Crippen LogP contribution in [0.4, 0.5) is 0 Å². The molecule has 4 nitrogen and oxygen atoms in total. The van der Waals surface area contributed by atoms with E-state index in [1.54, 1.807) is 0 Å². The normalized spacial score (nSPS) is 17.7. The van der Waals surface area contributed by atoms with Crippen molar-refractivity contribution in [2.45, 2.75) is 38.6 Å². The second-order valence-corrected chi connectivity index (χ2v) is 5.42. The number of para-hydroxylation sites is 1. The molecule has 0 spiro atoms. The molecule has 100 valence electrons. The molecule has 1 aliphatic rings. The van der Waals surface area contributed by atoms with Crippen LogP contribution in [0.5, 0.6) is 0 Å². The maximum atomic E-state index is 12.3. The van der Waals surface area contributed by atoms with Gasteiger partial charge in [0.25, 0.3) is 5.91 Å². The van der Waals surface area contributed by atoms with E-state index in [2.05, 4.69) is 22.4 Å². The van der Waals surface area contributed by atoms with Gasteiger partial charge in [0.05, 0.1) is 5.52 Å². The van der Waals surface area contributed by atoms with E-state index in [0.29, 0.717) is 11.6 Å². The lowest BCUT2D eigenvalue weighted by molar-refractivity contribution is 0.0923. The van der Waals surface area contributed by atoms with Crippen LogP contribution in [0.15, 0.2) is 24.3 Å². The number of nitrogens with zero attached hydrogens (tertiary/aromatic N) is 1. The lowest BCUT2D eigenvalue weighted by Crippen LogP contribution is -2.37. The van der Waals surface area contributed by atoms with Gasteiger partial charge in [-0.3, -0.25) is 9.89 Å². The van der Waals surface area contributed by atoms with Crippen LogP contribution in [0.3, 0.4) is 0 Å². The van der Waals surface area contributed by atoms with Crippen molar-refractivity contribution in [1.82, 2.24) is 15.5 Å². The van der Waals surface area contributed by atoms with Gasteiger partial charge in [-0.05, 0) is 31.7 Å². The Bertz CT molecular complexity index is 584. The summed E-state index contributed by atoms with van der Waals surface area (Å²) in [5, 5.41) is 11.0. The Hall–Kier alpha value is -1.84. The van der Waals surface area contributed by atoms with Crippen LogP contribution in [0, 0.1) is 5.92 Å². The molecule has 0 bridgehead atoms. The van der Waals surface area contributed by atoms with Gasteiger partial charge < -0.3 is 5.32 Å². The Morgan fingerprint density at radius 2 is 2.11 bits per heavy atom. The largest absolute Gasteiger partial charge is 0.348 e. The summed E-state index contributed by atoms with van der Waals surface area (Å²) >= 11 is 0. The highest BCUT2D eigenvalue weighted by Gasteiger charge is 2.24. The van der Waals surface area contributed by atoms with Crippen molar-refractivity contribution in [3.8, 4) is 0 Å². The Balaban J connectivity index is 1.76. The zero-order chi connectivity index (χ0) is 13.2. The highest BCUT2D eigenvalue weighted by atomic mass is 16.2. The predicted octanol–water partition coefficient (Wildman–Crippen LogP) is 2.87. The maximum absolute atomic E-state index is 12.3. The van der Waals surface area contributed by atoms with Crippen LogP contribution < -0.4 is 5.32 Å². The first-order chi connectivity index (χ1) is 9.25. The van der Waals surface area contributed by atoms with Crippen LogP contribution >= 0.6 is 0 Å². The molecule has 1 unspecified atom stereocenters. The number of aromatic amines is 1. The molecule has 4 heteroatoms. The minimum absolute atomic E-state index is 0.0724. The van der Waals surface area contributed by atoms with Gasteiger partial charge in [-0.1, -0.05) is 31.0 Å². The highest BCUT2D eigenvalue weighted by Crippen LogP contribution is 2.27. The van der Waals surface area contributed by atoms with Gasteiger partial charge in [-0.25, -0.2) is 0 Å². The topological polar surface area (TPSA) is 57.8 Å². The minimum Gasteiger partial charge on any atom is -0.348 e. The number of nitrogens with one attached hydrogen (secondary N) is 2. The number of hydrogen-bond acceptors (Lipinski definition) is 2. The third-order valence-corrected chi connectivity index (χ3v) is 4.15. The van der Waals surface area contributed by atoms with Crippen LogP contribution in [0.1, 0.15) is 43.1 Å². The molecule has 19 heavy (non-hydrogen) atoms. The first kappa shape index (κ1) is 12.2. The van der Waals surface area contributed by atoms with Gasteiger partial charge in [0.2, 0.25) is 0 Å². The van der Waals surface area contributed by atoms with Crippen molar-refractivity contribution in [1.29, 1.82) is 0 Å². The third-order valence-electron chi connectivity index (χ3n) is 4.15. The molecular formula is C15H19N3O. The van der Waals surface area contributed by atoms with Crippen LogP contribution in [0.2, 0.25) is 0 Å². The molecule has 1 aromatic heterocycles. The number of aromatic nitrogens is 2. The smallest absolute Gasteiger partial charge is 0.272 e. The lowest BCUT2D eigenvalue weighted by atomic mass is 9.99. The van der Waals surface area contributed by atoms with Gasteiger partial charge >= 0.3 is 0 Å². The molecular weight excluding hydrogens is 238 g/mol. The van der Waals surface area contributed by atoms with Crippen molar-refractivity contribution in [3.63, 3.8) is 0 Å². The monoisotopic (exact) mass is 257 g/mol. The standard InChI is InChI=1S/C15H19N3O/c1-10(11-6-2-3-7-11)16-15(19)14-12-8-4-5-9-13(12)17-18-14/h4-5,8-11H,2-3,6-7H2,1H3,(H,16,19)(H,17,18). The summed E-state index contributed by atoms with van der Waals surface area (Å²) < 4.78 is 0. The summed E-state index contributed by atoms with van der Waals surface area (Å²) in [7, 11) is 0. The molecule has 1 amide bonds. The Labute approximate surface area is 112 Å². The number of carbonyl (C=O) groups is 1. The molecule has 2 aromatic rings. The fraction of sp³-hybridized carbons (Fsp3) is 0.467. The first-order valence-corrected chi connectivity index (χ1v) is 6.99. The molecule has 1 fully saturated rings. The number of H-pyrrole nitrogens is 1. The van der Waals surface area contributed by atoms with Crippen LogP contribution in [0.25, 0.3) is 10.9 Å². The van der Waals surface area contributed by atoms with E-state index in [1.807, 2.05) is 24.3 Å². The molecule has 1 aromatic carbocycles. The fourth-order valence-electron chi connectivity index (χ4n) is 2.99. The molecule has 1 heterocycles. The summed E-state index contributed by atoms with van der Waals surface area (Å²) in [6.07, 6.45) is 5.03. The van der Waals surface area contributed by atoms with Crippen LogP contribution in [-0.4, -0.2) is 22.1 Å². The number of amides is 1. The number of rotatable bonds is 3. The molecule has 2 N–H and O–H groups in total. The van der Waals surface area contributed by atoms with Gasteiger partial charge in [-0.2, -0.15) is 5.10 Å². The molecule has 1 aliphatic carbocycles. The second kappa shape index (κ2) is 5.03. The predicted molar refractivity (Wildman–Crippen MR) is 75.0 cm³/mol. The molecule has 1 atom stereocenters. The van der Waals surface area contributed by atoms with E-state index >= 15 is 0 Å². The fourth-order valence-corrected chi connectivity index (χ4v) is 2.99. The highest BCUT2D eigenvalue weighted by molar-refractivity contribution is 6.04. The average molecular weight is 257 g/mol. The SMILES string of the molecule is CC(NC(=O)c1n[nH]c2ccccc12)C1CCCC1. The van der Waals surface area contributed by atoms with Gasteiger partial charge in [0.15, 0.2) is 5.69 Å². The molecule has 0 saturated heterocycles. The van der Waals surface area contributed by atoms with Gasteiger partial charge in [0.1, 0.15) is 0 Å². The average Bonchev–Trinajstić information content (AvgIpc) is 3.08. The molecule has 0 radical (unpaired) electrons. The minimum atomic E-state index is -0.0724. The summed E-state index contributed by atoms with van der Waals surface area (Å²) in [5.74, 6) is 0.547. The number of hydrogen-bond donors (Lipinski definition) is 2. The van der Waals surface area contributed by atoms with Crippen LogP contribution in [-0.2, 0) is 0 Å². The Morgan fingerprint density at radius 1 is 1.37 bits per heavy atom. The van der Waals surface area contributed by atoms with Crippen molar-refractivity contribution < 1.29 is 4.79 Å². The van der Waals surface area contributed by atoms with Crippen molar-refractivity contribution in [3.05, 3.63) is 30.0 Å². The molecule has 1 saturated carbocycles. The number of benzene rings is 1. The molecule has 3 rings (SSSR count). The van der Waals surface area contributed by atoms with Crippen molar-refractivity contribution >= 4 is 16.8 Å². The van der Waals surface area contributed by atoms with E-state index < -0.39 is 0 Å². The van der Waals surface area contributed by atoms with Crippen molar-refractivity contribution in [2.75, 3.05) is 0 Å². The quantitative estimate of drug-likeness (QED) is 0.888. The van der Waals surface area contributed by atoms with Gasteiger partial charge in [-0.15, -0.1) is 0 Å². The summed E-state index contributed by atoms with van der Waals surface area (Å²) in [5.41, 5.74) is 1.40. The number of carbonyl (C=O) groups excluding carboxylic acids is 1. The van der Waals surface area contributed by atoms with E-state index in [4.69, 9.17) is 0 Å². The lowest BCUT2D eigenvalue weighted by Gasteiger charge is -2.19. The second-order valence-electron chi connectivity index (χ2n) is 5.42. The maximum Gasteiger partial charge on any atom is 0.272 e. The molecule has 0 aliphatic heterocycles. The van der Waals surface area contributed by atoms with E-state index in [9.17, 15) is 4.79 Å². The first-order valence-electron chi connectivity index (χ1n) is 6.99. The summed E-state index contributed by atoms with van der Waals surface area (Å²) in [6.45, 7) is 2.10. The summed E-state index contributed by atoms with van der Waals surface area (Å²) in [6, 6.07) is 7.94. The zero-order valence-electron chi connectivity index (χ0n) is 11.1. The Morgan fingerprint density at radius 3 is 2.89 bits per heavy atom. The van der Waals surface area contributed by atoms with Gasteiger partial charge in [0, 0.05) is 11.4 Å². The van der Waals surface area contributed by atoms with E-state index in [0.717, 1.165) is 10.9 Å². The van der Waals surface area contributed by atoms with Crippen molar-refractivity contribution in [2.24, 2.45) is 5.92 Å². The Kier molecular flexibility index (Phi) is 3.23. The summed E-state index contributed by atoms with van der Waals surface area (Å²) in [4.78, 5) is 12.3. The van der Waals surface area contributed by atoms with E-state index in [-0.39, 0.29) is 11.9 Å².